The Hall–Kier alpha value is -3.70. The maximum absolute atomic E-state index is 13.6. The third-order valence-corrected chi connectivity index (χ3v) is 8.79. The topological polar surface area (TPSA) is 92.6 Å². The first-order valence-electron chi connectivity index (χ1n) is 12.1. The minimum atomic E-state index is -1.02. The number of amides is 1. The number of aliphatic hydroxyl groups excluding tert-OH is 1. The molecular weight excluding hydrogens is 608 g/mol. The molecule has 0 radical (unpaired) electrons. The lowest BCUT2D eigenvalue weighted by atomic mass is 9.95. The van der Waals surface area contributed by atoms with Gasteiger partial charge in [-0.25, -0.2) is 4.39 Å². The summed E-state index contributed by atoms with van der Waals surface area (Å²) in [4.78, 5) is 28.0. The Balaban J connectivity index is 1.52. The standard InChI is InChI=1S/C29H20Cl2FN3O4S2/c1-2-13-39-21-11-6-16(7-12-21)24-23(25(36)17-4-9-20(32)10-5-17)26(37)27(38)35(24)28-33-34-29(41-28)40-15-18-3-8-19(30)14-22(18)31/h2-12,14,24,36H,1,13,15H2/b25-23-. The molecule has 1 unspecified atom stereocenters. The van der Waals surface area contributed by atoms with Gasteiger partial charge in [-0.2, -0.15) is 0 Å². The number of aliphatic hydroxyl groups is 1. The van der Waals surface area contributed by atoms with E-state index in [0.717, 1.165) is 29.0 Å². The molecule has 1 aliphatic rings. The number of Topliss-reactive ketones (excluding diaryl/α,β-unsaturated/α-hetero) is 1. The maximum Gasteiger partial charge on any atom is 0.301 e. The van der Waals surface area contributed by atoms with Crippen molar-refractivity contribution in [1.82, 2.24) is 10.2 Å². The zero-order chi connectivity index (χ0) is 29.1. The fourth-order valence-corrected chi connectivity index (χ4v) is 6.57. The molecule has 208 valence electrons. The smallest absolute Gasteiger partial charge is 0.301 e. The molecule has 3 aromatic carbocycles. The van der Waals surface area contributed by atoms with Crippen molar-refractivity contribution < 1.29 is 23.8 Å². The van der Waals surface area contributed by atoms with Crippen LogP contribution in [0.5, 0.6) is 5.75 Å². The molecule has 1 saturated heterocycles. The number of anilines is 1. The molecule has 1 atom stereocenters. The zero-order valence-electron chi connectivity index (χ0n) is 21.1. The molecule has 1 fully saturated rings. The van der Waals surface area contributed by atoms with Crippen LogP contribution in [-0.2, 0) is 15.3 Å². The summed E-state index contributed by atoms with van der Waals surface area (Å²) in [5, 5.41) is 20.8. The minimum Gasteiger partial charge on any atom is -0.507 e. The summed E-state index contributed by atoms with van der Waals surface area (Å²) >= 11 is 14.8. The SMILES string of the molecule is C=CCOc1ccc(C2/C(=C(/O)c3ccc(F)cc3)C(=O)C(=O)N2c2nnc(SCc3ccc(Cl)cc3Cl)s2)cc1. The normalized spacial score (nSPS) is 16.3. The van der Waals surface area contributed by atoms with Gasteiger partial charge >= 0.3 is 5.91 Å². The van der Waals surface area contributed by atoms with Gasteiger partial charge in [0.1, 0.15) is 23.9 Å². The van der Waals surface area contributed by atoms with Crippen LogP contribution in [0.15, 0.2) is 89.3 Å². The van der Waals surface area contributed by atoms with Gasteiger partial charge in [0.05, 0.1) is 11.6 Å². The molecule has 1 amide bonds. The zero-order valence-corrected chi connectivity index (χ0v) is 24.2. The van der Waals surface area contributed by atoms with Crippen molar-refractivity contribution in [2.75, 3.05) is 11.5 Å². The Kier molecular flexibility index (Phi) is 8.74. The van der Waals surface area contributed by atoms with Gasteiger partial charge in [-0.05, 0) is 59.7 Å². The first-order chi connectivity index (χ1) is 19.8. The lowest BCUT2D eigenvalue weighted by Gasteiger charge is -2.22. The number of hydrogen-bond donors (Lipinski definition) is 1. The molecule has 1 aliphatic heterocycles. The lowest BCUT2D eigenvalue weighted by molar-refractivity contribution is -0.132. The number of aromatic nitrogens is 2. The van der Waals surface area contributed by atoms with Gasteiger partial charge in [0.2, 0.25) is 5.13 Å². The molecule has 0 bridgehead atoms. The quantitative estimate of drug-likeness (QED) is 0.0514. The van der Waals surface area contributed by atoms with Crippen molar-refractivity contribution in [1.29, 1.82) is 0 Å². The second kappa shape index (κ2) is 12.4. The monoisotopic (exact) mass is 627 g/mol. The molecule has 12 heteroatoms. The Morgan fingerprint density at radius 1 is 1.10 bits per heavy atom. The van der Waals surface area contributed by atoms with Gasteiger partial charge in [0.15, 0.2) is 4.34 Å². The van der Waals surface area contributed by atoms with Crippen LogP contribution in [0.3, 0.4) is 0 Å². The molecule has 5 rings (SSSR count). The van der Waals surface area contributed by atoms with Crippen LogP contribution in [0.2, 0.25) is 10.0 Å². The average Bonchev–Trinajstić information content (AvgIpc) is 3.53. The van der Waals surface area contributed by atoms with Crippen LogP contribution in [0.1, 0.15) is 22.7 Å². The number of hydrogen-bond acceptors (Lipinski definition) is 8. The fraction of sp³-hybridized carbons (Fsp3) is 0.103. The van der Waals surface area contributed by atoms with Gasteiger partial charge < -0.3 is 9.84 Å². The third kappa shape index (κ3) is 6.15. The molecule has 4 aromatic rings. The van der Waals surface area contributed by atoms with E-state index in [2.05, 4.69) is 16.8 Å². The van der Waals surface area contributed by atoms with Crippen LogP contribution in [0.4, 0.5) is 9.52 Å². The minimum absolute atomic E-state index is 0.154. The largest absolute Gasteiger partial charge is 0.507 e. The molecular formula is C29H20Cl2FN3O4S2. The summed E-state index contributed by atoms with van der Waals surface area (Å²) in [5.41, 5.74) is 1.40. The maximum atomic E-state index is 13.6. The summed E-state index contributed by atoms with van der Waals surface area (Å²) in [6.07, 6.45) is 1.61. The number of nitrogens with zero attached hydrogens (tertiary/aromatic N) is 3. The van der Waals surface area contributed by atoms with E-state index in [1.807, 2.05) is 6.07 Å². The second-order valence-electron chi connectivity index (χ2n) is 8.72. The summed E-state index contributed by atoms with van der Waals surface area (Å²) in [5.74, 6) is -1.68. The van der Waals surface area contributed by atoms with E-state index in [4.69, 9.17) is 27.9 Å². The molecule has 1 N–H and O–H groups in total. The second-order valence-corrected chi connectivity index (χ2v) is 11.7. The van der Waals surface area contributed by atoms with Gasteiger partial charge in [0.25, 0.3) is 5.78 Å². The Morgan fingerprint density at radius 3 is 2.51 bits per heavy atom. The van der Waals surface area contributed by atoms with Crippen LogP contribution in [0, 0.1) is 5.82 Å². The summed E-state index contributed by atoms with van der Waals surface area (Å²) in [6.45, 7) is 3.93. The van der Waals surface area contributed by atoms with E-state index in [1.54, 1.807) is 42.5 Å². The van der Waals surface area contributed by atoms with Gasteiger partial charge in [-0.3, -0.25) is 14.5 Å². The predicted octanol–water partition coefficient (Wildman–Crippen LogP) is 7.47. The number of carbonyl (C=O) groups excluding carboxylic acids is 2. The third-order valence-electron chi connectivity index (χ3n) is 6.09. The predicted molar refractivity (Wildman–Crippen MR) is 159 cm³/mol. The summed E-state index contributed by atoms with van der Waals surface area (Å²) in [7, 11) is 0. The Labute approximate surface area is 252 Å². The molecule has 1 aromatic heterocycles. The number of rotatable bonds is 9. The molecule has 0 spiro atoms. The first kappa shape index (κ1) is 28.8. The highest BCUT2D eigenvalue weighted by Crippen LogP contribution is 2.44. The van der Waals surface area contributed by atoms with E-state index < -0.39 is 29.3 Å². The van der Waals surface area contributed by atoms with Crippen molar-refractivity contribution in [3.8, 4) is 5.75 Å². The van der Waals surface area contributed by atoms with Crippen molar-refractivity contribution in [3.63, 3.8) is 0 Å². The number of ether oxygens (including phenoxy) is 1. The fourth-order valence-electron chi connectivity index (χ4n) is 4.15. The van der Waals surface area contributed by atoms with E-state index in [-0.39, 0.29) is 16.3 Å². The number of ketones is 1. The van der Waals surface area contributed by atoms with Crippen LogP contribution in [-0.4, -0.2) is 33.6 Å². The van der Waals surface area contributed by atoms with Crippen LogP contribution < -0.4 is 9.64 Å². The molecule has 7 nitrogen and oxygen atoms in total. The number of carbonyl (C=O) groups is 2. The van der Waals surface area contributed by atoms with Gasteiger partial charge in [0, 0.05) is 21.4 Å². The highest BCUT2D eigenvalue weighted by Gasteiger charge is 2.48. The summed E-state index contributed by atoms with van der Waals surface area (Å²) < 4.78 is 19.7. The van der Waals surface area contributed by atoms with E-state index in [0.29, 0.717) is 38.1 Å². The lowest BCUT2D eigenvalue weighted by Crippen LogP contribution is -2.29. The number of benzene rings is 3. The van der Waals surface area contributed by atoms with Crippen molar-refractivity contribution in [3.05, 3.63) is 118 Å². The molecule has 41 heavy (non-hydrogen) atoms. The van der Waals surface area contributed by atoms with E-state index in [1.165, 1.54) is 28.8 Å². The highest BCUT2D eigenvalue weighted by atomic mass is 35.5. The molecule has 0 aliphatic carbocycles. The van der Waals surface area contributed by atoms with Crippen LogP contribution >= 0.6 is 46.3 Å². The van der Waals surface area contributed by atoms with Crippen molar-refractivity contribution in [2.24, 2.45) is 0 Å². The van der Waals surface area contributed by atoms with E-state index >= 15 is 0 Å². The molecule has 2 heterocycles. The van der Waals surface area contributed by atoms with E-state index in [9.17, 15) is 19.1 Å². The van der Waals surface area contributed by atoms with Crippen molar-refractivity contribution in [2.45, 2.75) is 16.1 Å². The summed E-state index contributed by atoms with van der Waals surface area (Å²) in [6, 6.07) is 15.9. The van der Waals surface area contributed by atoms with Gasteiger partial charge in [-0.15, -0.1) is 10.2 Å². The molecule has 0 saturated carbocycles. The Morgan fingerprint density at radius 2 is 1.83 bits per heavy atom. The average molecular weight is 629 g/mol. The van der Waals surface area contributed by atoms with Gasteiger partial charge in [-0.1, -0.05) is 77.2 Å². The van der Waals surface area contributed by atoms with Crippen LogP contribution in [0.25, 0.3) is 5.76 Å². The van der Waals surface area contributed by atoms with Crippen molar-refractivity contribution >= 4 is 68.9 Å². The highest BCUT2D eigenvalue weighted by molar-refractivity contribution is 8.00. The Bertz CT molecular complexity index is 1660. The number of thioether (sulfide) groups is 1. The first-order valence-corrected chi connectivity index (χ1v) is 14.6. The number of halogens is 3.